The van der Waals surface area contributed by atoms with Gasteiger partial charge < -0.3 is 9.30 Å². The van der Waals surface area contributed by atoms with Gasteiger partial charge >= 0.3 is 12.1 Å². The highest BCUT2D eigenvalue weighted by molar-refractivity contribution is 5.72. The molecule has 1 aromatic heterocycles. The van der Waals surface area contributed by atoms with Crippen molar-refractivity contribution in [2.75, 3.05) is 19.7 Å². The van der Waals surface area contributed by atoms with Crippen LogP contribution in [0.2, 0.25) is 0 Å². The van der Waals surface area contributed by atoms with E-state index in [1.165, 1.54) is 12.1 Å². The van der Waals surface area contributed by atoms with E-state index in [9.17, 15) is 18.0 Å². The predicted molar refractivity (Wildman–Crippen MR) is 105 cm³/mol. The zero-order valence-electron chi connectivity index (χ0n) is 17.1. The fourth-order valence-electron chi connectivity index (χ4n) is 4.10. The molecule has 1 atom stereocenters. The Hall–Kier alpha value is -2.28. The van der Waals surface area contributed by atoms with Gasteiger partial charge in [-0.05, 0) is 70.0 Å². The van der Waals surface area contributed by atoms with Gasteiger partial charge in [0.15, 0.2) is 0 Å². The molecule has 7 heteroatoms. The Labute approximate surface area is 169 Å². The van der Waals surface area contributed by atoms with E-state index in [0.717, 1.165) is 42.4 Å². The Kier molecular flexibility index (Phi) is 6.36. The summed E-state index contributed by atoms with van der Waals surface area (Å²) in [7, 11) is 0. The number of nitrogens with zero attached hydrogens (tertiary/aromatic N) is 2. The number of esters is 1. The van der Waals surface area contributed by atoms with Crippen molar-refractivity contribution in [3.63, 3.8) is 0 Å². The lowest BCUT2D eigenvalue weighted by molar-refractivity contribution is -0.150. The van der Waals surface area contributed by atoms with Crippen LogP contribution in [-0.4, -0.2) is 35.1 Å². The number of benzene rings is 1. The highest BCUT2D eigenvalue weighted by atomic mass is 19.4. The molecule has 1 aromatic carbocycles. The number of hydrogen-bond acceptors (Lipinski definition) is 3. The molecule has 0 bridgehead atoms. The highest BCUT2D eigenvalue weighted by Gasteiger charge is 2.31. The molecule has 2 aromatic rings. The molecule has 1 aliphatic heterocycles. The Bertz CT molecular complexity index is 873. The third-order valence-corrected chi connectivity index (χ3v) is 5.49. The van der Waals surface area contributed by atoms with Gasteiger partial charge in [0.1, 0.15) is 0 Å². The van der Waals surface area contributed by atoms with Gasteiger partial charge in [0.25, 0.3) is 0 Å². The normalized spacial score (nSPS) is 18.1. The standard InChI is InChI=1S/C22H27F3N2O2/c1-4-29-21(28)17-7-6-10-26(13-17)14-18-11-15(2)27(16(18)3)20-9-5-8-19(12-20)22(23,24)25/h5,8-9,11-12,17H,4,6-7,10,13-14H2,1-3H3. The summed E-state index contributed by atoms with van der Waals surface area (Å²) in [6.45, 7) is 8.21. The molecule has 0 aliphatic carbocycles. The van der Waals surface area contributed by atoms with Crippen molar-refractivity contribution >= 4 is 5.97 Å². The van der Waals surface area contributed by atoms with Crippen molar-refractivity contribution in [1.29, 1.82) is 0 Å². The van der Waals surface area contributed by atoms with Crippen LogP contribution in [0.15, 0.2) is 30.3 Å². The van der Waals surface area contributed by atoms with E-state index in [4.69, 9.17) is 4.74 Å². The molecule has 0 N–H and O–H groups in total. The van der Waals surface area contributed by atoms with E-state index in [-0.39, 0.29) is 11.9 Å². The maximum atomic E-state index is 13.1. The fourth-order valence-corrected chi connectivity index (χ4v) is 4.10. The van der Waals surface area contributed by atoms with E-state index in [0.29, 0.717) is 25.4 Å². The number of piperidine rings is 1. The van der Waals surface area contributed by atoms with Crippen LogP contribution in [0, 0.1) is 19.8 Å². The van der Waals surface area contributed by atoms with Crippen molar-refractivity contribution in [3.8, 4) is 5.69 Å². The Morgan fingerprint density at radius 2 is 2.00 bits per heavy atom. The van der Waals surface area contributed by atoms with E-state index >= 15 is 0 Å². The molecule has 0 spiro atoms. The van der Waals surface area contributed by atoms with Crippen LogP contribution in [0.3, 0.4) is 0 Å². The minimum Gasteiger partial charge on any atom is -0.466 e. The highest BCUT2D eigenvalue weighted by Crippen LogP contribution is 2.32. The zero-order chi connectivity index (χ0) is 21.2. The number of carbonyl (C=O) groups excluding carboxylic acids is 1. The van der Waals surface area contributed by atoms with Crippen molar-refractivity contribution < 1.29 is 22.7 Å². The van der Waals surface area contributed by atoms with E-state index < -0.39 is 11.7 Å². The van der Waals surface area contributed by atoms with Crippen molar-refractivity contribution in [2.24, 2.45) is 5.92 Å². The second-order valence-corrected chi connectivity index (χ2v) is 7.61. The molecule has 1 unspecified atom stereocenters. The second-order valence-electron chi connectivity index (χ2n) is 7.61. The Morgan fingerprint density at radius 3 is 2.69 bits per heavy atom. The lowest BCUT2D eigenvalue weighted by atomic mass is 9.98. The molecule has 1 fully saturated rings. The molecular weight excluding hydrogens is 381 g/mol. The van der Waals surface area contributed by atoms with Gasteiger partial charge in [-0.2, -0.15) is 13.2 Å². The molecule has 0 saturated carbocycles. The molecule has 0 amide bonds. The number of rotatable bonds is 5. The molecule has 2 heterocycles. The molecule has 4 nitrogen and oxygen atoms in total. The van der Waals surface area contributed by atoms with Gasteiger partial charge in [0, 0.05) is 30.2 Å². The number of carbonyl (C=O) groups is 1. The number of alkyl halides is 3. The maximum absolute atomic E-state index is 13.1. The number of aryl methyl sites for hydroxylation is 1. The van der Waals surface area contributed by atoms with E-state index in [1.807, 2.05) is 24.5 Å². The summed E-state index contributed by atoms with van der Waals surface area (Å²) in [5.74, 6) is -0.262. The molecular formula is C22H27F3N2O2. The molecule has 3 rings (SSSR count). The van der Waals surface area contributed by atoms with Gasteiger partial charge in [-0.3, -0.25) is 9.69 Å². The second kappa shape index (κ2) is 8.61. The number of ether oxygens (including phenoxy) is 1. The van der Waals surface area contributed by atoms with Gasteiger partial charge in [0.05, 0.1) is 18.1 Å². The zero-order valence-corrected chi connectivity index (χ0v) is 17.1. The van der Waals surface area contributed by atoms with Crippen LogP contribution in [0.1, 0.15) is 42.3 Å². The maximum Gasteiger partial charge on any atom is 0.416 e. The number of hydrogen-bond donors (Lipinski definition) is 0. The lowest BCUT2D eigenvalue weighted by Crippen LogP contribution is -2.39. The summed E-state index contributed by atoms with van der Waals surface area (Å²) >= 11 is 0. The summed E-state index contributed by atoms with van der Waals surface area (Å²) in [5, 5.41) is 0. The third kappa shape index (κ3) is 4.83. The fraction of sp³-hybridized carbons (Fsp3) is 0.500. The average Bonchev–Trinajstić information content (AvgIpc) is 2.95. The average molecular weight is 408 g/mol. The summed E-state index contributed by atoms with van der Waals surface area (Å²) in [5.41, 5.74) is 2.71. The van der Waals surface area contributed by atoms with Gasteiger partial charge in [-0.25, -0.2) is 0 Å². The topological polar surface area (TPSA) is 34.5 Å². The summed E-state index contributed by atoms with van der Waals surface area (Å²) in [6.07, 6.45) is -2.61. The molecule has 29 heavy (non-hydrogen) atoms. The summed E-state index contributed by atoms with van der Waals surface area (Å²) in [6, 6.07) is 7.41. The van der Waals surface area contributed by atoms with E-state index in [1.54, 1.807) is 13.0 Å². The quantitative estimate of drug-likeness (QED) is 0.661. The van der Waals surface area contributed by atoms with Gasteiger partial charge in [0.2, 0.25) is 0 Å². The minimum atomic E-state index is -4.37. The third-order valence-electron chi connectivity index (χ3n) is 5.49. The number of aromatic nitrogens is 1. The first-order valence-electron chi connectivity index (χ1n) is 9.95. The minimum absolute atomic E-state index is 0.115. The summed E-state index contributed by atoms with van der Waals surface area (Å²) in [4.78, 5) is 14.3. The van der Waals surface area contributed by atoms with Crippen LogP contribution >= 0.6 is 0 Å². The molecule has 0 radical (unpaired) electrons. The van der Waals surface area contributed by atoms with Crippen LogP contribution in [0.25, 0.3) is 5.69 Å². The first kappa shape index (κ1) is 21.4. The van der Waals surface area contributed by atoms with Crippen LogP contribution in [-0.2, 0) is 22.3 Å². The van der Waals surface area contributed by atoms with E-state index in [2.05, 4.69) is 4.90 Å². The molecule has 158 valence electrons. The first-order chi connectivity index (χ1) is 13.7. The monoisotopic (exact) mass is 408 g/mol. The predicted octanol–water partition coefficient (Wildman–Crippen LogP) is 4.89. The van der Waals surface area contributed by atoms with Gasteiger partial charge in [-0.1, -0.05) is 6.07 Å². The van der Waals surface area contributed by atoms with Crippen LogP contribution in [0.4, 0.5) is 13.2 Å². The largest absolute Gasteiger partial charge is 0.466 e. The Balaban J connectivity index is 1.81. The van der Waals surface area contributed by atoms with Crippen molar-refractivity contribution in [1.82, 2.24) is 9.47 Å². The SMILES string of the molecule is CCOC(=O)C1CCCN(Cc2cc(C)n(-c3cccc(C(F)(F)F)c3)c2C)C1. The summed E-state index contributed by atoms with van der Waals surface area (Å²) < 4.78 is 46.3. The smallest absolute Gasteiger partial charge is 0.416 e. The Morgan fingerprint density at radius 1 is 1.24 bits per heavy atom. The van der Waals surface area contributed by atoms with Crippen molar-refractivity contribution in [2.45, 2.75) is 46.3 Å². The molecule has 1 saturated heterocycles. The van der Waals surface area contributed by atoms with Crippen LogP contribution in [0.5, 0.6) is 0 Å². The molecule has 1 aliphatic rings. The number of likely N-dealkylation sites (tertiary alicyclic amines) is 1. The first-order valence-corrected chi connectivity index (χ1v) is 9.95. The van der Waals surface area contributed by atoms with Crippen LogP contribution < -0.4 is 0 Å². The lowest BCUT2D eigenvalue weighted by Gasteiger charge is -2.31. The van der Waals surface area contributed by atoms with Crippen molar-refractivity contribution in [3.05, 3.63) is 52.8 Å². The number of halogens is 3. The van der Waals surface area contributed by atoms with Gasteiger partial charge in [-0.15, -0.1) is 0 Å².